The van der Waals surface area contributed by atoms with Gasteiger partial charge >= 0.3 is 12.1 Å². The van der Waals surface area contributed by atoms with Crippen LogP contribution < -0.4 is 10.1 Å². The van der Waals surface area contributed by atoms with Crippen molar-refractivity contribution in [2.75, 3.05) is 5.32 Å². The van der Waals surface area contributed by atoms with Crippen LogP contribution in [0.2, 0.25) is 5.02 Å². The Kier molecular flexibility index (Phi) is 6.07. The number of halogens is 5. The van der Waals surface area contributed by atoms with Crippen molar-refractivity contribution in [1.82, 2.24) is 0 Å². The molecule has 3 aromatic rings. The van der Waals surface area contributed by atoms with E-state index in [4.69, 9.17) is 16.3 Å². The Balaban J connectivity index is 2.01. The molecule has 0 spiro atoms. The normalized spacial score (nSPS) is 11.1. The summed E-state index contributed by atoms with van der Waals surface area (Å²) in [6.07, 6.45) is -4.90. The lowest BCUT2D eigenvalue weighted by atomic mass is 10.1. The van der Waals surface area contributed by atoms with Crippen molar-refractivity contribution in [2.24, 2.45) is 0 Å². The second kappa shape index (κ2) is 8.54. The standard InChI is InChI=1S/C21H12ClF4NO3/c22-16-6-1-2-7-17(16)27-19(28)14-4-3-5-15(21(24,25)26)18(14)30-20(29)12-8-10-13(23)11-9-12/h1-11H,(H,27,28). The molecule has 0 fully saturated rings. The van der Waals surface area contributed by atoms with Crippen molar-refractivity contribution in [3.05, 3.63) is 94.3 Å². The fourth-order valence-corrected chi connectivity index (χ4v) is 2.72. The quantitative estimate of drug-likeness (QED) is 0.311. The minimum absolute atomic E-state index is 0.164. The van der Waals surface area contributed by atoms with E-state index in [0.717, 1.165) is 36.4 Å². The van der Waals surface area contributed by atoms with Crippen LogP contribution in [-0.4, -0.2) is 11.9 Å². The molecule has 0 bridgehead atoms. The van der Waals surface area contributed by atoms with Crippen LogP contribution in [-0.2, 0) is 6.18 Å². The zero-order valence-corrected chi connectivity index (χ0v) is 15.7. The van der Waals surface area contributed by atoms with Gasteiger partial charge in [-0.05, 0) is 48.5 Å². The van der Waals surface area contributed by atoms with E-state index in [1.54, 1.807) is 12.1 Å². The summed E-state index contributed by atoms with van der Waals surface area (Å²) >= 11 is 5.97. The lowest BCUT2D eigenvalue weighted by Gasteiger charge is -2.17. The molecule has 0 radical (unpaired) electrons. The Hall–Kier alpha value is -3.39. The topological polar surface area (TPSA) is 55.4 Å². The summed E-state index contributed by atoms with van der Waals surface area (Å²) in [6.45, 7) is 0. The van der Waals surface area contributed by atoms with Crippen LogP contribution >= 0.6 is 11.6 Å². The van der Waals surface area contributed by atoms with Crippen LogP contribution in [0.1, 0.15) is 26.3 Å². The summed E-state index contributed by atoms with van der Waals surface area (Å²) in [5.41, 5.74) is -1.87. The van der Waals surface area contributed by atoms with E-state index < -0.39 is 40.7 Å². The highest BCUT2D eigenvalue weighted by atomic mass is 35.5. The van der Waals surface area contributed by atoms with Crippen LogP contribution in [0, 0.1) is 5.82 Å². The average Bonchev–Trinajstić information content (AvgIpc) is 2.69. The van der Waals surface area contributed by atoms with Gasteiger partial charge in [0.1, 0.15) is 5.82 Å². The third-order valence-electron chi connectivity index (χ3n) is 3.96. The maximum Gasteiger partial charge on any atom is 0.420 e. The smallest absolute Gasteiger partial charge is 0.420 e. The summed E-state index contributed by atoms with van der Waals surface area (Å²) < 4.78 is 58.5. The highest BCUT2D eigenvalue weighted by Gasteiger charge is 2.37. The van der Waals surface area contributed by atoms with Gasteiger partial charge in [0.05, 0.1) is 27.4 Å². The van der Waals surface area contributed by atoms with Gasteiger partial charge in [0, 0.05) is 0 Å². The van der Waals surface area contributed by atoms with Gasteiger partial charge in [-0.2, -0.15) is 13.2 Å². The van der Waals surface area contributed by atoms with Crippen LogP contribution in [0.5, 0.6) is 5.75 Å². The largest absolute Gasteiger partial charge is 0.421 e. The minimum Gasteiger partial charge on any atom is -0.421 e. The summed E-state index contributed by atoms with van der Waals surface area (Å²) in [5.74, 6) is -3.75. The number of carbonyl (C=O) groups is 2. The van der Waals surface area contributed by atoms with Gasteiger partial charge in [0.25, 0.3) is 5.91 Å². The molecular formula is C21H12ClF4NO3. The molecule has 0 aromatic heterocycles. The molecule has 154 valence electrons. The number of nitrogens with one attached hydrogen (secondary N) is 1. The first-order valence-corrected chi connectivity index (χ1v) is 8.78. The SMILES string of the molecule is O=C(Oc1c(C(=O)Nc2ccccc2Cl)cccc1C(F)(F)F)c1ccc(F)cc1. The molecule has 0 unspecified atom stereocenters. The first-order chi connectivity index (χ1) is 14.2. The molecular weight excluding hydrogens is 426 g/mol. The molecule has 0 heterocycles. The molecule has 0 saturated heterocycles. The van der Waals surface area contributed by atoms with E-state index in [-0.39, 0.29) is 16.3 Å². The predicted molar refractivity (Wildman–Crippen MR) is 102 cm³/mol. The maximum atomic E-state index is 13.5. The molecule has 3 aromatic carbocycles. The number of esters is 1. The van der Waals surface area contributed by atoms with E-state index in [0.29, 0.717) is 6.07 Å². The molecule has 0 atom stereocenters. The Morgan fingerprint density at radius 2 is 1.57 bits per heavy atom. The van der Waals surface area contributed by atoms with Crippen molar-refractivity contribution in [3.63, 3.8) is 0 Å². The fraction of sp³-hybridized carbons (Fsp3) is 0.0476. The summed E-state index contributed by atoms with van der Waals surface area (Å²) in [7, 11) is 0. The van der Waals surface area contributed by atoms with Crippen molar-refractivity contribution < 1.29 is 31.9 Å². The van der Waals surface area contributed by atoms with E-state index in [2.05, 4.69) is 5.32 Å². The molecule has 0 aliphatic carbocycles. The summed E-state index contributed by atoms with van der Waals surface area (Å²) in [6, 6.07) is 12.9. The highest BCUT2D eigenvalue weighted by Crippen LogP contribution is 2.39. The molecule has 4 nitrogen and oxygen atoms in total. The first-order valence-electron chi connectivity index (χ1n) is 8.40. The summed E-state index contributed by atoms with van der Waals surface area (Å²) in [4.78, 5) is 25.0. The van der Waals surface area contributed by atoms with Gasteiger partial charge in [-0.3, -0.25) is 4.79 Å². The Morgan fingerprint density at radius 1 is 0.900 bits per heavy atom. The van der Waals surface area contributed by atoms with E-state index in [1.807, 2.05) is 0 Å². The lowest BCUT2D eigenvalue weighted by Crippen LogP contribution is -2.20. The van der Waals surface area contributed by atoms with Crippen LogP contribution in [0.3, 0.4) is 0 Å². The number of hydrogen-bond donors (Lipinski definition) is 1. The molecule has 30 heavy (non-hydrogen) atoms. The van der Waals surface area contributed by atoms with Crippen LogP contribution in [0.4, 0.5) is 23.2 Å². The molecule has 0 aliphatic rings. The third kappa shape index (κ3) is 4.77. The van der Waals surface area contributed by atoms with Crippen LogP contribution in [0.25, 0.3) is 0 Å². The number of para-hydroxylation sites is 2. The number of rotatable bonds is 4. The lowest BCUT2D eigenvalue weighted by molar-refractivity contribution is -0.138. The van der Waals surface area contributed by atoms with Gasteiger partial charge in [-0.15, -0.1) is 0 Å². The molecule has 1 amide bonds. The molecule has 3 rings (SSSR count). The number of anilines is 1. The van der Waals surface area contributed by atoms with E-state index >= 15 is 0 Å². The second-order valence-corrected chi connectivity index (χ2v) is 6.42. The molecule has 0 saturated carbocycles. The van der Waals surface area contributed by atoms with Gasteiger partial charge in [-0.1, -0.05) is 29.8 Å². The number of amides is 1. The summed E-state index contributed by atoms with van der Waals surface area (Å²) in [5, 5.41) is 2.56. The number of hydrogen-bond acceptors (Lipinski definition) is 3. The maximum absolute atomic E-state index is 13.5. The zero-order chi connectivity index (χ0) is 21.9. The first kappa shape index (κ1) is 21.3. The Morgan fingerprint density at radius 3 is 2.20 bits per heavy atom. The second-order valence-electron chi connectivity index (χ2n) is 6.01. The van der Waals surface area contributed by atoms with Crippen molar-refractivity contribution in [3.8, 4) is 5.75 Å². The number of benzene rings is 3. The monoisotopic (exact) mass is 437 g/mol. The molecule has 9 heteroatoms. The number of ether oxygens (including phenoxy) is 1. The van der Waals surface area contributed by atoms with Gasteiger partial charge < -0.3 is 10.1 Å². The zero-order valence-electron chi connectivity index (χ0n) is 15.0. The Labute approximate surface area is 173 Å². The predicted octanol–water partition coefficient (Wildman–Crippen LogP) is 5.97. The number of carbonyl (C=O) groups excluding carboxylic acids is 2. The van der Waals surface area contributed by atoms with E-state index in [9.17, 15) is 27.2 Å². The van der Waals surface area contributed by atoms with E-state index in [1.165, 1.54) is 12.1 Å². The van der Waals surface area contributed by atoms with Gasteiger partial charge in [-0.25, -0.2) is 9.18 Å². The molecule has 1 N–H and O–H groups in total. The van der Waals surface area contributed by atoms with Crippen molar-refractivity contribution in [1.29, 1.82) is 0 Å². The average molecular weight is 438 g/mol. The number of alkyl halides is 3. The highest BCUT2D eigenvalue weighted by molar-refractivity contribution is 6.34. The van der Waals surface area contributed by atoms with Crippen molar-refractivity contribution >= 4 is 29.2 Å². The Bertz CT molecular complexity index is 1100. The van der Waals surface area contributed by atoms with Crippen LogP contribution in [0.15, 0.2) is 66.7 Å². The minimum atomic E-state index is -4.90. The third-order valence-corrected chi connectivity index (χ3v) is 4.29. The van der Waals surface area contributed by atoms with Gasteiger partial charge in [0.15, 0.2) is 5.75 Å². The fourth-order valence-electron chi connectivity index (χ4n) is 2.54. The molecule has 0 aliphatic heterocycles. The van der Waals surface area contributed by atoms with Gasteiger partial charge in [0.2, 0.25) is 0 Å². The van der Waals surface area contributed by atoms with Crippen molar-refractivity contribution in [2.45, 2.75) is 6.18 Å².